The number of furan rings is 1. The van der Waals surface area contributed by atoms with Gasteiger partial charge in [0.25, 0.3) is 5.91 Å². The fourth-order valence-electron chi connectivity index (χ4n) is 3.62. The number of amides is 1. The zero-order chi connectivity index (χ0) is 17.3. The van der Waals surface area contributed by atoms with Crippen LogP contribution in [0.15, 0.2) is 35.2 Å². The Balaban J connectivity index is 1.40. The van der Waals surface area contributed by atoms with Crippen LogP contribution in [-0.2, 0) is 4.74 Å². The predicted molar refractivity (Wildman–Crippen MR) is 86.5 cm³/mol. The van der Waals surface area contributed by atoms with E-state index in [0.29, 0.717) is 31.4 Å². The second-order valence-electron chi connectivity index (χ2n) is 6.57. The van der Waals surface area contributed by atoms with Crippen molar-refractivity contribution in [3.05, 3.63) is 42.4 Å². The van der Waals surface area contributed by atoms with E-state index in [1.165, 1.54) is 6.26 Å². The van der Waals surface area contributed by atoms with Crippen molar-refractivity contribution in [1.82, 2.24) is 14.9 Å². The Morgan fingerprint density at radius 3 is 3.00 bits per heavy atom. The van der Waals surface area contributed by atoms with Gasteiger partial charge in [-0.2, -0.15) is 0 Å². The first-order valence-corrected chi connectivity index (χ1v) is 8.34. The molecule has 2 aliphatic rings. The third kappa shape index (κ3) is 3.34. The number of likely N-dealkylation sites (tertiary alicyclic amines) is 1. The van der Waals surface area contributed by atoms with Crippen LogP contribution < -0.4 is 5.32 Å². The molecule has 0 radical (unpaired) electrons. The molecule has 2 aromatic rings. The van der Waals surface area contributed by atoms with Gasteiger partial charge in [-0.05, 0) is 25.0 Å². The molecule has 1 spiro atoms. The molecule has 2 aliphatic heterocycles. The normalized spacial score (nSPS) is 26.1. The molecule has 8 heteroatoms. The quantitative estimate of drug-likeness (QED) is 0.917. The van der Waals surface area contributed by atoms with Crippen LogP contribution in [0.3, 0.4) is 0 Å². The van der Waals surface area contributed by atoms with E-state index in [2.05, 4.69) is 15.3 Å². The third-order valence-corrected chi connectivity index (χ3v) is 4.72. The van der Waals surface area contributed by atoms with Crippen LogP contribution in [0.2, 0.25) is 0 Å². The molecule has 1 N–H and O–H groups in total. The maximum Gasteiger partial charge on any atom is 0.289 e. The van der Waals surface area contributed by atoms with Gasteiger partial charge in [0.1, 0.15) is 0 Å². The summed E-state index contributed by atoms with van der Waals surface area (Å²) in [5.74, 6) is 0.158. The Labute approximate surface area is 144 Å². The van der Waals surface area contributed by atoms with Gasteiger partial charge >= 0.3 is 0 Å². The Morgan fingerprint density at radius 1 is 1.40 bits per heavy atom. The highest BCUT2D eigenvalue weighted by atomic mass is 19.1. The smallest absolute Gasteiger partial charge is 0.289 e. The number of nitrogens with zero attached hydrogens (tertiary/aromatic N) is 3. The molecule has 0 aliphatic carbocycles. The van der Waals surface area contributed by atoms with E-state index in [9.17, 15) is 9.18 Å². The topological polar surface area (TPSA) is 80.5 Å². The number of halogens is 1. The molecule has 4 rings (SSSR count). The van der Waals surface area contributed by atoms with Gasteiger partial charge in [-0.1, -0.05) is 0 Å². The molecule has 0 aromatic carbocycles. The van der Waals surface area contributed by atoms with Crippen molar-refractivity contribution in [3.8, 4) is 0 Å². The number of aromatic nitrogens is 2. The first-order chi connectivity index (χ1) is 12.1. The Kier molecular flexibility index (Phi) is 4.12. The summed E-state index contributed by atoms with van der Waals surface area (Å²) in [7, 11) is 0. The second kappa shape index (κ2) is 6.44. The fourth-order valence-corrected chi connectivity index (χ4v) is 3.62. The van der Waals surface area contributed by atoms with Crippen molar-refractivity contribution in [2.24, 2.45) is 0 Å². The highest BCUT2D eigenvalue weighted by molar-refractivity contribution is 5.91. The lowest BCUT2D eigenvalue weighted by molar-refractivity contribution is -0.0452. The molecule has 2 fully saturated rings. The van der Waals surface area contributed by atoms with E-state index in [1.807, 2.05) is 0 Å². The third-order valence-electron chi connectivity index (χ3n) is 4.72. The van der Waals surface area contributed by atoms with E-state index >= 15 is 0 Å². The van der Waals surface area contributed by atoms with Crippen LogP contribution in [0.25, 0.3) is 0 Å². The first kappa shape index (κ1) is 16.0. The molecule has 1 amide bonds. The minimum Gasteiger partial charge on any atom is -0.459 e. The Morgan fingerprint density at radius 2 is 2.24 bits per heavy atom. The number of anilines is 1. The van der Waals surface area contributed by atoms with Gasteiger partial charge in [-0.25, -0.2) is 14.4 Å². The van der Waals surface area contributed by atoms with Crippen LogP contribution in [-0.4, -0.2) is 52.1 Å². The van der Waals surface area contributed by atoms with Crippen molar-refractivity contribution >= 4 is 11.9 Å². The molecule has 4 heterocycles. The average molecular weight is 346 g/mol. The van der Waals surface area contributed by atoms with Gasteiger partial charge < -0.3 is 19.4 Å². The maximum atomic E-state index is 12.9. The summed E-state index contributed by atoms with van der Waals surface area (Å²) in [4.78, 5) is 22.1. The van der Waals surface area contributed by atoms with E-state index in [4.69, 9.17) is 9.15 Å². The van der Waals surface area contributed by atoms with E-state index in [0.717, 1.165) is 31.7 Å². The molecule has 25 heavy (non-hydrogen) atoms. The molecule has 0 saturated carbocycles. The van der Waals surface area contributed by atoms with Crippen LogP contribution in [0.4, 0.5) is 10.3 Å². The molecular weight excluding hydrogens is 327 g/mol. The highest BCUT2D eigenvalue weighted by Crippen LogP contribution is 2.36. The molecule has 7 nitrogen and oxygen atoms in total. The van der Waals surface area contributed by atoms with Gasteiger partial charge in [0, 0.05) is 13.0 Å². The number of hydrogen-bond acceptors (Lipinski definition) is 6. The summed E-state index contributed by atoms with van der Waals surface area (Å²) in [6.07, 6.45) is 6.29. The van der Waals surface area contributed by atoms with E-state index in [-0.39, 0.29) is 17.6 Å². The highest BCUT2D eigenvalue weighted by Gasteiger charge is 2.45. The lowest BCUT2D eigenvalue weighted by Gasteiger charge is -2.39. The Bertz CT molecular complexity index is 737. The summed E-state index contributed by atoms with van der Waals surface area (Å²) in [5, 5.41) is 3.18. The van der Waals surface area contributed by atoms with Crippen molar-refractivity contribution in [3.63, 3.8) is 0 Å². The SMILES string of the molecule is O=C(c1ccco1)N1CCCC2(CC(Nc3ncc(F)cn3)CO2)C1. The second-order valence-corrected chi connectivity index (χ2v) is 6.57. The maximum absolute atomic E-state index is 12.9. The van der Waals surface area contributed by atoms with Crippen molar-refractivity contribution in [2.45, 2.75) is 30.9 Å². The summed E-state index contributed by atoms with van der Waals surface area (Å²) in [6.45, 7) is 1.74. The molecule has 0 bridgehead atoms. The minimum absolute atomic E-state index is 0.0316. The molecule has 132 valence electrons. The predicted octanol–water partition coefficient (Wildman–Crippen LogP) is 2.08. The number of carbonyl (C=O) groups excluding carboxylic acids is 1. The summed E-state index contributed by atoms with van der Waals surface area (Å²) in [5.41, 5.74) is -0.363. The first-order valence-electron chi connectivity index (χ1n) is 8.34. The van der Waals surface area contributed by atoms with Gasteiger partial charge in [0.15, 0.2) is 11.6 Å². The van der Waals surface area contributed by atoms with Crippen molar-refractivity contribution in [2.75, 3.05) is 25.0 Å². The number of nitrogens with one attached hydrogen (secondary N) is 1. The minimum atomic E-state index is -0.468. The van der Waals surface area contributed by atoms with E-state index < -0.39 is 5.82 Å². The molecule has 2 unspecified atom stereocenters. The number of piperidine rings is 1. The van der Waals surface area contributed by atoms with Gasteiger partial charge in [0.2, 0.25) is 5.95 Å². The van der Waals surface area contributed by atoms with Crippen LogP contribution in [0.1, 0.15) is 29.8 Å². The summed E-state index contributed by atoms with van der Waals surface area (Å²) < 4.78 is 24.2. The standard InChI is InChI=1S/C17H19FN4O3/c18-12-8-19-16(20-9-12)21-13-7-17(25-10-13)4-2-5-22(11-17)15(23)14-3-1-6-24-14/h1,3,6,8-9,13H,2,4-5,7,10-11H2,(H,19,20,21). The summed E-state index contributed by atoms with van der Waals surface area (Å²) >= 11 is 0. The van der Waals surface area contributed by atoms with Gasteiger partial charge in [-0.15, -0.1) is 0 Å². The monoisotopic (exact) mass is 346 g/mol. The number of rotatable bonds is 3. The lowest BCUT2D eigenvalue weighted by Crippen LogP contribution is -2.50. The number of hydrogen-bond donors (Lipinski definition) is 1. The largest absolute Gasteiger partial charge is 0.459 e. The van der Waals surface area contributed by atoms with Crippen molar-refractivity contribution in [1.29, 1.82) is 0 Å². The zero-order valence-electron chi connectivity index (χ0n) is 13.7. The lowest BCUT2D eigenvalue weighted by atomic mass is 9.88. The molecule has 2 atom stereocenters. The average Bonchev–Trinajstić information content (AvgIpc) is 3.27. The zero-order valence-corrected chi connectivity index (χ0v) is 13.7. The van der Waals surface area contributed by atoms with Gasteiger partial charge in [-0.3, -0.25) is 4.79 Å². The Hall–Kier alpha value is -2.48. The van der Waals surface area contributed by atoms with Crippen molar-refractivity contribution < 1.29 is 18.3 Å². The summed E-state index contributed by atoms with van der Waals surface area (Å²) in [6, 6.07) is 3.42. The fraction of sp³-hybridized carbons (Fsp3) is 0.471. The molecular formula is C17H19FN4O3. The van der Waals surface area contributed by atoms with Crippen LogP contribution in [0.5, 0.6) is 0 Å². The number of ether oxygens (including phenoxy) is 1. The van der Waals surface area contributed by atoms with Gasteiger partial charge in [0.05, 0.1) is 43.5 Å². The molecule has 2 aromatic heterocycles. The van der Waals surface area contributed by atoms with Crippen LogP contribution in [0, 0.1) is 5.82 Å². The van der Waals surface area contributed by atoms with Crippen LogP contribution >= 0.6 is 0 Å². The van der Waals surface area contributed by atoms with E-state index in [1.54, 1.807) is 17.0 Å². The molecule has 2 saturated heterocycles. The number of carbonyl (C=O) groups is 1.